The van der Waals surface area contributed by atoms with E-state index in [0.29, 0.717) is 12.1 Å². The lowest BCUT2D eigenvalue weighted by Gasteiger charge is -2.20. The van der Waals surface area contributed by atoms with E-state index in [1.54, 1.807) is 12.1 Å². The number of hydrogen-bond donors (Lipinski definition) is 2. The first-order valence-electron chi connectivity index (χ1n) is 7.97. The van der Waals surface area contributed by atoms with E-state index in [9.17, 15) is 13.5 Å². The first-order valence-corrected chi connectivity index (χ1v) is 9.87. The Kier molecular flexibility index (Phi) is 5.80. The second kappa shape index (κ2) is 7.47. The lowest BCUT2D eigenvalue weighted by atomic mass is 9.98. The van der Waals surface area contributed by atoms with Gasteiger partial charge in [-0.3, -0.25) is 0 Å². The molecule has 0 amide bonds. The van der Waals surface area contributed by atoms with E-state index in [1.165, 1.54) is 35.1 Å². The van der Waals surface area contributed by atoms with Crippen LogP contribution < -0.4 is 5.32 Å². The standard InChI is InChI=1S/C19H25NO3S/c1-13-6-5-7-18(14(13)2)15(3)20-12-19(21)16-8-10-17(11-9-16)24(4,22)23/h5-11,15,19-21H,12H2,1-4H3. The summed E-state index contributed by atoms with van der Waals surface area (Å²) in [6, 6.07) is 12.7. The van der Waals surface area contributed by atoms with Crippen LogP contribution in [0.1, 0.15) is 41.3 Å². The molecule has 24 heavy (non-hydrogen) atoms. The molecule has 2 aromatic rings. The van der Waals surface area contributed by atoms with Gasteiger partial charge in [0.2, 0.25) is 0 Å². The maximum atomic E-state index is 11.5. The third-order valence-corrected chi connectivity index (χ3v) is 5.55. The van der Waals surface area contributed by atoms with Crippen molar-refractivity contribution in [3.05, 3.63) is 64.7 Å². The zero-order chi connectivity index (χ0) is 17.9. The van der Waals surface area contributed by atoms with Gasteiger partial charge in [-0.05, 0) is 55.2 Å². The molecule has 2 aromatic carbocycles. The van der Waals surface area contributed by atoms with Gasteiger partial charge >= 0.3 is 0 Å². The van der Waals surface area contributed by atoms with Crippen molar-refractivity contribution >= 4 is 9.84 Å². The predicted octanol–water partition coefficient (Wildman–Crippen LogP) is 3.09. The molecule has 0 radical (unpaired) electrons. The molecule has 0 saturated heterocycles. The number of rotatable bonds is 6. The van der Waals surface area contributed by atoms with Crippen molar-refractivity contribution < 1.29 is 13.5 Å². The van der Waals surface area contributed by atoms with Crippen LogP contribution in [0.4, 0.5) is 0 Å². The smallest absolute Gasteiger partial charge is 0.175 e. The molecule has 0 heterocycles. The van der Waals surface area contributed by atoms with Gasteiger partial charge in [-0.15, -0.1) is 0 Å². The summed E-state index contributed by atoms with van der Waals surface area (Å²) in [5.74, 6) is 0. The summed E-state index contributed by atoms with van der Waals surface area (Å²) < 4.78 is 22.9. The third-order valence-electron chi connectivity index (χ3n) is 4.42. The minimum absolute atomic E-state index is 0.120. The molecule has 0 aliphatic rings. The summed E-state index contributed by atoms with van der Waals surface area (Å²) in [4.78, 5) is 0.259. The Morgan fingerprint density at radius 3 is 2.29 bits per heavy atom. The minimum atomic E-state index is -3.21. The number of nitrogens with one attached hydrogen (secondary N) is 1. The molecule has 0 spiro atoms. The monoisotopic (exact) mass is 347 g/mol. The average molecular weight is 347 g/mol. The normalized spacial score (nSPS) is 14.4. The molecule has 2 unspecified atom stereocenters. The van der Waals surface area contributed by atoms with Crippen LogP contribution in [0.25, 0.3) is 0 Å². The highest BCUT2D eigenvalue weighted by atomic mass is 32.2. The molecular formula is C19H25NO3S. The third kappa shape index (κ3) is 4.44. The Morgan fingerprint density at radius 2 is 1.71 bits per heavy atom. The van der Waals surface area contributed by atoms with Crippen LogP contribution in [0.2, 0.25) is 0 Å². The highest BCUT2D eigenvalue weighted by Gasteiger charge is 2.14. The largest absolute Gasteiger partial charge is 0.387 e. The Morgan fingerprint density at radius 1 is 1.08 bits per heavy atom. The van der Waals surface area contributed by atoms with Crippen molar-refractivity contribution in [1.29, 1.82) is 0 Å². The number of sulfone groups is 1. The maximum Gasteiger partial charge on any atom is 0.175 e. The van der Waals surface area contributed by atoms with Gasteiger partial charge in [0, 0.05) is 18.8 Å². The average Bonchev–Trinajstić information content (AvgIpc) is 2.54. The Hall–Kier alpha value is -1.69. The topological polar surface area (TPSA) is 66.4 Å². The quantitative estimate of drug-likeness (QED) is 0.843. The highest BCUT2D eigenvalue weighted by molar-refractivity contribution is 7.90. The molecule has 0 aliphatic heterocycles. The molecular weight excluding hydrogens is 322 g/mol. The number of aryl methyl sites for hydroxylation is 1. The van der Waals surface area contributed by atoms with Crippen molar-refractivity contribution in [3.63, 3.8) is 0 Å². The van der Waals surface area contributed by atoms with Crippen LogP contribution >= 0.6 is 0 Å². The number of benzene rings is 2. The fourth-order valence-electron chi connectivity index (χ4n) is 2.70. The van der Waals surface area contributed by atoms with Gasteiger partial charge in [0.05, 0.1) is 11.0 Å². The summed E-state index contributed by atoms with van der Waals surface area (Å²) in [6.07, 6.45) is 0.484. The molecule has 0 saturated carbocycles. The number of hydrogen-bond acceptors (Lipinski definition) is 4. The summed E-state index contributed by atoms with van der Waals surface area (Å²) in [7, 11) is -3.21. The molecule has 0 bridgehead atoms. The molecule has 0 fully saturated rings. The first kappa shape index (κ1) is 18.6. The van der Waals surface area contributed by atoms with Crippen LogP contribution in [0, 0.1) is 13.8 Å². The summed E-state index contributed by atoms with van der Waals surface area (Å²) in [5, 5.41) is 13.7. The van der Waals surface area contributed by atoms with Gasteiger partial charge in [0.15, 0.2) is 9.84 Å². The van der Waals surface area contributed by atoms with E-state index in [4.69, 9.17) is 0 Å². The van der Waals surface area contributed by atoms with Gasteiger partial charge in [-0.1, -0.05) is 30.3 Å². The predicted molar refractivity (Wildman–Crippen MR) is 96.8 cm³/mol. The number of aliphatic hydroxyl groups excluding tert-OH is 1. The summed E-state index contributed by atoms with van der Waals surface area (Å²) in [5.41, 5.74) is 4.42. The highest BCUT2D eigenvalue weighted by Crippen LogP contribution is 2.21. The van der Waals surface area contributed by atoms with Gasteiger partial charge in [0.1, 0.15) is 0 Å². The van der Waals surface area contributed by atoms with Crippen molar-refractivity contribution in [3.8, 4) is 0 Å². The lowest BCUT2D eigenvalue weighted by Crippen LogP contribution is -2.25. The van der Waals surface area contributed by atoms with E-state index < -0.39 is 15.9 Å². The van der Waals surface area contributed by atoms with E-state index in [0.717, 1.165) is 0 Å². The molecule has 2 rings (SSSR count). The van der Waals surface area contributed by atoms with Crippen LogP contribution in [0.5, 0.6) is 0 Å². The van der Waals surface area contributed by atoms with Gasteiger partial charge in [-0.2, -0.15) is 0 Å². The van der Waals surface area contributed by atoms with Crippen molar-refractivity contribution in [2.24, 2.45) is 0 Å². The minimum Gasteiger partial charge on any atom is -0.387 e. The van der Waals surface area contributed by atoms with Crippen LogP contribution in [-0.4, -0.2) is 26.3 Å². The second-order valence-electron chi connectivity index (χ2n) is 6.28. The first-order chi connectivity index (χ1) is 11.2. The molecule has 2 N–H and O–H groups in total. The summed E-state index contributed by atoms with van der Waals surface area (Å²) in [6.45, 7) is 6.65. The van der Waals surface area contributed by atoms with Crippen molar-refractivity contribution in [2.45, 2.75) is 37.8 Å². The van der Waals surface area contributed by atoms with Crippen LogP contribution in [0.15, 0.2) is 47.4 Å². The van der Waals surface area contributed by atoms with Gasteiger partial charge in [-0.25, -0.2) is 8.42 Å². The fourth-order valence-corrected chi connectivity index (χ4v) is 3.33. The van der Waals surface area contributed by atoms with E-state index in [1.807, 2.05) is 6.07 Å². The zero-order valence-corrected chi connectivity index (χ0v) is 15.4. The molecule has 2 atom stereocenters. The molecule has 0 aromatic heterocycles. The molecule has 0 aliphatic carbocycles. The Bertz CT molecular complexity index is 798. The van der Waals surface area contributed by atoms with Gasteiger partial charge < -0.3 is 10.4 Å². The zero-order valence-electron chi connectivity index (χ0n) is 14.6. The van der Waals surface area contributed by atoms with E-state index >= 15 is 0 Å². The SMILES string of the molecule is Cc1cccc(C(C)NCC(O)c2ccc(S(C)(=O)=O)cc2)c1C. The Labute approximate surface area is 144 Å². The van der Waals surface area contributed by atoms with Crippen molar-refractivity contribution in [1.82, 2.24) is 5.32 Å². The van der Waals surface area contributed by atoms with E-state index in [-0.39, 0.29) is 10.9 Å². The summed E-state index contributed by atoms with van der Waals surface area (Å²) >= 11 is 0. The Balaban J connectivity index is 2.02. The molecule has 130 valence electrons. The van der Waals surface area contributed by atoms with Crippen LogP contribution in [-0.2, 0) is 9.84 Å². The fraction of sp³-hybridized carbons (Fsp3) is 0.368. The number of aliphatic hydroxyl groups is 1. The van der Waals surface area contributed by atoms with Crippen LogP contribution in [0.3, 0.4) is 0 Å². The second-order valence-corrected chi connectivity index (χ2v) is 8.29. The molecule has 4 nitrogen and oxygen atoms in total. The van der Waals surface area contributed by atoms with Gasteiger partial charge in [0.25, 0.3) is 0 Å². The maximum absolute atomic E-state index is 11.5. The lowest BCUT2D eigenvalue weighted by molar-refractivity contribution is 0.170. The van der Waals surface area contributed by atoms with Crippen molar-refractivity contribution in [2.75, 3.05) is 12.8 Å². The molecule has 5 heteroatoms. The van der Waals surface area contributed by atoms with E-state index in [2.05, 4.69) is 38.2 Å².